The van der Waals surface area contributed by atoms with E-state index in [1.165, 1.54) is 17.5 Å². The summed E-state index contributed by atoms with van der Waals surface area (Å²) in [6, 6.07) is 4.71. The van der Waals surface area contributed by atoms with E-state index in [-0.39, 0.29) is 17.0 Å². The number of hydrogen-bond acceptors (Lipinski definition) is 5. The zero-order valence-electron chi connectivity index (χ0n) is 12.5. The van der Waals surface area contributed by atoms with Crippen LogP contribution in [-0.4, -0.2) is 70.2 Å². The van der Waals surface area contributed by atoms with Crippen LogP contribution in [0.2, 0.25) is 5.02 Å². The molecule has 0 saturated carbocycles. The molecule has 2 saturated heterocycles. The molecular weight excluding hydrogens is 328 g/mol. The molecule has 0 spiro atoms. The van der Waals surface area contributed by atoms with Crippen LogP contribution in [0, 0.1) is 0 Å². The van der Waals surface area contributed by atoms with Gasteiger partial charge in [0.15, 0.2) is 0 Å². The highest BCUT2D eigenvalue weighted by Gasteiger charge is 2.44. The maximum atomic E-state index is 12.9. The molecule has 2 fully saturated rings. The molecule has 3 rings (SSSR count). The fraction of sp³-hybridized carbons (Fsp3) is 0.571. The maximum absolute atomic E-state index is 12.9. The molecular formula is C14H19ClN2O4S. The molecule has 122 valence electrons. The highest BCUT2D eigenvalue weighted by Crippen LogP contribution is 2.33. The monoisotopic (exact) mass is 346 g/mol. The summed E-state index contributed by atoms with van der Waals surface area (Å²) in [6.07, 6.45) is -0.0845. The molecule has 6 nitrogen and oxygen atoms in total. The van der Waals surface area contributed by atoms with Crippen LogP contribution in [0.3, 0.4) is 0 Å². The van der Waals surface area contributed by atoms with Crippen molar-refractivity contribution >= 4 is 21.6 Å². The molecule has 0 unspecified atom stereocenters. The van der Waals surface area contributed by atoms with Gasteiger partial charge in [0.05, 0.1) is 25.9 Å². The molecule has 0 aromatic heterocycles. The van der Waals surface area contributed by atoms with Gasteiger partial charge in [0.1, 0.15) is 10.6 Å². The molecule has 0 amide bonds. The predicted molar refractivity (Wildman–Crippen MR) is 82.9 cm³/mol. The largest absolute Gasteiger partial charge is 0.495 e. The van der Waals surface area contributed by atoms with Gasteiger partial charge in [0.25, 0.3) is 0 Å². The minimum absolute atomic E-state index is 0.0845. The molecule has 2 atom stereocenters. The smallest absolute Gasteiger partial charge is 0.246 e. The summed E-state index contributed by atoms with van der Waals surface area (Å²) in [5.74, 6) is 0.300. The average molecular weight is 347 g/mol. The molecule has 0 N–H and O–H groups in total. The molecule has 8 heteroatoms. The quantitative estimate of drug-likeness (QED) is 0.819. The van der Waals surface area contributed by atoms with Gasteiger partial charge in [-0.25, -0.2) is 8.42 Å². The molecule has 2 heterocycles. The average Bonchev–Trinajstić information content (AvgIpc) is 2.93. The van der Waals surface area contributed by atoms with Crippen LogP contribution in [0.25, 0.3) is 0 Å². The first-order valence-electron chi connectivity index (χ1n) is 7.09. The van der Waals surface area contributed by atoms with E-state index in [0.29, 0.717) is 30.5 Å². The first-order chi connectivity index (χ1) is 10.4. The number of morpholine rings is 1. The van der Waals surface area contributed by atoms with Crippen molar-refractivity contribution in [2.24, 2.45) is 0 Å². The number of benzene rings is 1. The highest BCUT2D eigenvalue weighted by atomic mass is 35.5. The number of fused-ring (bicyclic) bond motifs is 1. The summed E-state index contributed by atoms with van der Waals surface area (Å²) in [4.78, 5) is 2.25. The van der Waals surface area contributed by atoms with Crippen molar-refractivity contribution in [3.05, 3.63) is 23.2 Å². The lowest BCUT2D eigenvalue weighted by Crippen LogP contribution is -2.48. The minimum Gasteiger partial charge on any atom is -0.495 e. The van der Waals surface area contributed by atoms with Crippen molar-refractivity contribution < 1.29 is 17.9 Å². The van der Waals surface area contributed by atoms with E-state index >= 15 is 0 Å². The number of rotatable bonds is 3. The third-order valence-electron chi connectivity index (χ3n) is 4.29. The normalized spacial score (nSPS) is 26.9. The Kier molecular flexibility index (Phi) is 4.35. The Bertz CT molecular complexity index is 667. The minimum atomic E-state index is -3.67. The van der Waals surface area contributed by atoms with Crippen molar-refractivity contribution in [1.29, 1.82) is 0 Å². The van der Waals surface area contributed by atoms with E-state index in [1.807, 2.05) is 7.05 Å². The van der Waals surface area contributed by atoms with E-state index < -0.39 is 10.0 Å². The lowest BCUT2D eigenvalue weighted by molar-refractivity contribution is -0.0366. The Hall–Kier alpha value is -0.860. The van der Waals surface area contributed by atoms with Crippen molar-refractivity contribution in [2.45, 2.75) is 17.0 Å². The van der Waals surface area contributed by atoms with Gasteiger partial charge < -0.3 is 9.47 Å². The zero-order chi connectivity index (χ0) is 15.9. The van der Waals surface area contributed by atoms with Gasteiger partial charge in [0, 0.05) is 24.7 Å². The Morgan fingerprint density at radius 1 is 1.36 bits per heavy atom. The van der Waals surface area contributed by atoms with Crippen LogP contribution in [0.15, 0.2) is 23.1 Å². The number of nitrogens with zero attached hydrogens (tertiary/aromatic N) is 2. The topological polar surface area (TPSA) is 59.1 Å². The van der Waals surface area contributed by atoms with Crippen LogP contribution in [0.1, 0.15) is 0 Å². The van der Waals surface area contributed by atoms with Gasteiger partial charge in [-0.15, -0.1) is 0 Å². The predicted octanol–water partition coefficient (Wildman–Crippen LogP) is 1.05. The fourth-order valence-corrected chi connectivity index (χ4v) is 4.90. The van der Waals surface area contributed by atoms with Gasteiger partial charge in [-0.3, -0.25) is 4.90 Å². The molecule has 2 aliphatic rings. The maximum Gasteiger partial charge on any atom is 0.246 e. The van der Waals surface area contributed by atoms with Crippen molar-refractivity contribution in [3.63, 3.8) is 0 Å². The summed E-state index contributed by atoms with van der Waals surface area (Å²) in [5, 5.41) is 0.365. The second-order valence-corrected chi connectivity index (χ2v) is 7.92. The van der Waals surface area contributed by atoms with E-state index in [2.05, 4.69) is 4.90 Å². The third kappa shape index (κ3) is 2.72. The second kappa shape index (κ2) is 5.98. The van der Waals surface area contributed by atoms with Crippen molar-refractivity contribution in [3.8, 4) is 5.75 Å². The first-order valence-corrected chi connectivity index (χ1v) is 8.91. The standard InChI is InChI=1S/C14H19ClN2O4S/c1-16-5-6-21-13-9-17(8-11(13)16)22(18,19)14-7-10(15)3-4-12(14)20-2/h3-4,7,11,13H,5-6,8-9H2,1-2H3/t11-,13+/m0/s1. The number of likely N-dealkylation sites (N-methyl/N-ethyl adjacent to an activating group) is 1. The van der Waals surface area contributed by atoms with E-state index in [1.54, 1.807) is 12.1 Å². The number of sulfonamides is 1. The number of methoxy groups -OCH3 is 1. The van der Waals surface area contributed by atoms with E-state index in [9.17, 15) is 8.42 Å². The highest BCUT2D eigenvalue weighted by molar-refractivity contribution is 7.89. The summed E-state index contributed by atoms with van der Waals surface area (Å²) < 4.78 is 38.2. The van der Waals surface area contributed by atoms with Gasteiger partial charge in [-0.05, 0) is 25.2 Å². The first kappa shape index (κ1) is 16.0. The summed E-state index contributed by atoms with van der Waals surface area (Å²) in [7, 11) is -0.225. The molecule has 1 aromatic rings. The number of ether oxygens (including phenoxy) is 2. The zero-order valence-corrected chi connectivity index (χ0v) is 14.1. The van der Waals surface area contributed by atoms with Crippen LogP contribution in [-0.2, 0) is 14.8 Å². The Morgan fingerprint density at radius 3 is 2.82 bits per heavy atom. The molecule has 0 aliphatic carbocycles. The SMILES string of the molecule is COc1ccc(Cl)cc1S(=O)(=O)N1C[C@H]2OCCN(C)[C@H]2C1. The molecule has 0 bridgehead atoms. The van der Waals surface area contributed by atoms with Crippen molar-refractivity contribution in [1.82, 2.24) is 9.21 Å². The van der Waals surface area contributed by atoms with Gasteiger partial charge in [0.2, 0.25) is 10.0 Å². The molecule has 2 aliphatic heterocycles. The van der Waals surface area contributed by atoms with Crippen LogP contribution >= 0.6 is 11.6 Å². The lowest BCUT2D eigenvalue weighted by atomic mass is 10.1. The van der Waals surface area contributed by atoms with Crippen LogP contribution < -0.4 is 4.74 Å². The van der Waals surface area contributed by atoms with Crippen molar-refractivity contribution in [2.75, 3.05) is 40.4 Å². The number of hydrogen-bond donors (Lipinski definition) is 0. The van der Waals surface area contributed by atoms with E-state index in [4.69, 9.17) is 21.1 Å². The van der Waals surface area contributed by atoms with Gasteiger partial charge in [-0.2, -0.15) is 4.31 Å². The van der Waals surface area contributed by atoms with Gasteiger partial charge in [-0.1, -0.05) is 11.6 Å². The lowest BCUT2D eigenvalue weighted by Gasteiger charge is -2.33. The summed E-state index contributed by atoms with van der Waals surface area (Å²) >= 11 is 5.96. The number of halogens is 1. The Morgan fingerprint density at radius 2 is 2.14 bits per heavy atom. The van der Waals surface area contributed by atoms with Crippen LogP contribution in [0.5, 0.6) is 5.75 Å². The van der Waals surface area contributed by atoms with E-state index in [0.717, 1.165) is 6.54 Å². The molecule has 22 heavy (non-hydrogen) atoms. The Labute approximate surface area is 135 Å². The molecule has 1 aromatic carbocycles. The summed E-state index contributed by atoms with van der Waals surface area (Å²) in [6.45, 7) is 2.22. The second-order valence-electron chi connectivity index (χ2n) is 5.57. The third-order valence-corrected chi connectivity index (χ3v) is 6.38. The summed E-state index contributed by atoms with van der Waals surface area (Å²) in [5.41, 5.74) is 0. The molecule has 0 radical (unpaired) electrons. The fourth-order valence-electron chi connectivity index (χ4n) is 3.01. The van der Waals surface area contributed by atoms with Gasteiger partial charge >= 0.3 is 0 Å². The van der Waals surface area contributed by atoms with Crippen LogP contribution in [0.4, 0.5) is 0 Å². The Balaban J connectivity index is 1.93.